The maximum absolute atomic E-state index is 11.5. The van der Waals surface area contributed by atoms with Crippen LogP contribution in [0.2, 0.25) is 0 Å². The molecular weight excluding hydrogens is 262 g/mol. The van der Waals surface area contributed by atoms with E-state index in [4.69, 9.17) is 0 Å². The number of para-hydroxylation sites is 1. The van der Waals surface area contributed by atoms with Crippen molar-refractivity contribution in [2.45, 2.75) is 19.8 Å². The second kappa shape index (κ2) is 5.60. The average Bonchev–Trinajstić information content (AvgIpc) is 2.69. The maximum atomic E-state index is 11.5. The van der Waals surface area contributed by atoms with E-state index >= 15 is 0 Å². The van der Waals surface area contributed by atoms with Crippen molar-refractivity contribution < 1.29 is 9.90 Å². The Labute approximate surface area is 124 Å². The number of anilines is 1. The summed E-state index contributed by atoms with van der Waals surface area (Å²) >= 11 is 0. The van der Waals surface area contributed by atoms with Crippen molar-refractivity contribution >= 4 is 11.7 Å². The van der Waals surface area contributed by atoms with E-state index in [1.54, 1.807) is 6.07 Å². The highest BCUT2D eigenvalue weighted by atomic mass is 16.4. The summed E-state index contributed by atoms with van der Waals surface area (Å²) in [6.45, 7) is 3.71. The highest BCUT2D eigenvalue weighted by Gasteiger charge is 2.20. The van der Waals surface area contributed by atoms with Crippen LogP contribution in [-0.4, -0.2) is 24.2 Å². The van der Waals surface area contributed by atoms with Crippen LogP contribution < -0.4 is 4.90 Å². The van der Waals surface area contributed by atoms with Gasteiger partial charge in [-0.2, -0.15) is 0 Å². The Bertz CT molecular complexity index is 652. The van der Waals surface area contributed by atoms with Crippen molar-refractivity contribution in [3.8, 4) is 0 Å². The van der Waals surface area contributed by atoms with Gasteiger partial charge in [-0.05, 0) is 42.5 Å². The molecule has 108 valence electrons. The van der Waals surface area contributed by atoms with E-state index in [1.807, 2.05) is 19.1 Å². The molecule has 21 heavy (non-hydrogen) atoms. The molecule has 2 aromatic rings. The number of aromatic carboxylic acids is 1. The SMILES string of the molecule is Cc1cccc(C(=O)O)c1N1CCc2ccccc2CC1. The predicted octanol–water partition coefficient (Wildman–Crippen LogP) is 3.30. The molecule has 0 unspecified atom stereocenters. The molecule has 0 amide bonds. The molecule has 3 heteroatoms. The highest BCUT2D eigenvalue weighted by Crippen LogP contribution is 2.28. The largest absolute Gasteiger partial charge is 0.478 e. The topological polar surface area (TPSA) is 40.5 Å². The lowest BCUT2D eigenvalue weighted by molar-refractivity contribution is 0.0697. The van der Waals surface area contributed by atoms with Crippen LogP contribution in [0.1, 0.15) is 27.0 Å². The summed E-state index contributed by atoms with van der Waals surface area (Å²) in [6.07, 6.45) is 1.92. The van der Waals surface area contributed by atoms with Crippen molar-refractivity contribution in [1.82, 2.24) is 0 Å². The van der Waals surface area contributed by atoms with Gasteiger partial charge in [-0.3, -0.25) is 0 Å². The van der Waals surface area contributed by atoms with Crippen LogP contribution in [0.25, 0.3) is 0 Å². The van der Waals surface area contributed by atoms with Crippen LogP contribution in [0.5, 0.6) is 0 Å². The molecule has 3 nitrogen and oxygen atoms in total. The first kappa shape index (κ1) is 13.7. The molecule has 0 saturated heterocycles. The minimum atomic E-state index is -0.851. The number of rotatable bonds is 2. The van der Waals surface area contributed by atoms with Crippen LogP contribution in [0.3, 0.4) is 0 Å². The fraction of sp³-hybridized carbons (Fsp3) is 0.278. The Hall–Kier alpha value is -2.29. The van der Waals surface area contributed by atoms with Crippen molar-refractivity contribution in [3.63, 3.8) is 0 Å². The third kappa shape index (κ3) is 2.64. The fourth-order valence-electron chi connectivity index (χ4n) is 3.14. The first-order valence-corrected chi connectivity index (χ1v) is 7.31. The van der Waals surface area contributed by atoms with Gasteiger partial charge >= 0.3 is 5.97 Å². The molecule has 2 aromatic carbocycles. The normalized spacial score (nSPS) is 14.4. The van der Waals surface area contributed by atoms with E-state index in [2.05, 4.69) is 29.2 Å². The van der Waals surface area contributed by atoms with Gasteiger partial charge in [0.25, 0.3) is 0 Å². The number of hydrogen-bond donors (Lipinski definition) is 1. The zero-order valence-electron chi connectivity index (χ0n) is 12.2. The zero-order valence-corrected chi connectivity index (χ0v) is 12.2. The van der Waals surface area contributed by atoms with Gasteiger partial charge in [0.05, 0.1) is 11.3 Å². The number of nitrogens with zero attached hydrogens (tertiary/aromatic N) is 1. The summed E-state index contributed by atoms with van der Waals surface area (Å²) in [5.74, 6) is -0.851. The minimum absolute atomic E-state index is 0.404. The zero-order chi connectivity index (χ0) is 14.8. The molecular formula is C18H19NO2. The van der Waals surface area contributed by atoms with Crippen molar-refractivity contribution in [2.24, 2.45) is 0 Å². The number of hydrogen-bond acceptors (Lipinski definition) is 2. The monoisotopic (exact) mass is 281 g/mol. The Morgan fingerprint density at radius 2 is 1.62 bits per heavy atom. The number of fused-ring (bicyclic) bond motifs is 1. The lowest BCUT2D eigenvalue weighted by Crippen LogP contribution is -2.28. The molecule has 0 spiro atoms. The van der Waals surface area contributed by atoms with Gasteiger partial charge in [0.15, 0.2) is 0 Å². The van der Waals surface area contributed by atoms with Gasteiger partial charge in [0, 0.05) is 13.1 Å². The number of aryl methyl sites for hydroxylation is 1. The molecule has 0 fully saturated rings. The molecule has 1 N–H and O–H groups in total. The predicted molar refractivity (Wildman–Crippen MR) is 84.2 cm³/mol. The van der Waals surface area contributed by atoms with Gasteiger partial charge in [-0.1, -0.05) is 36.4 Å². The lowest BCUT2D eigenvalue weighted by atomic mass is 10.0. The van der Waals surface area contributed by atoms with Gasteiger partial charge in [0.1, 0.15) is 0 Å². The first-order chi connectivity index (χ1) is 10.2. The van der Waals surface area contributed by atoms with E-state index in [0.29, 0.717) is 5.56 Å². The van der Waals surface area contributed by atoms with E-state index in [1.165, 1.54) is 11.1 Å². The quantitative estimate of drug-likeness (QED) is 0.918. The van der Waals surface area contributed by atoms with Crippen LogP contribution in [-0.2, 0) is 12.8 Å². The number of carbonyl (C=O) groups is 1. The average molecular weight is 281 g/mol. The molecule has 3 rings (SSSR count). The first-order valence-electron chi connectivity index (χ1n) is 7.31. The highest BCUT2D eigenvalue weighted by molar-refractivity contribution is 5.95. The van der Waals surface area contributed by atoms with Gasteiger partial charge in [-0.25, -0.2) is 4.79 Å². The Morgan fingerprint density at radius 1 is 1.00 bits per heavy atom. The van der Waals surface area contributed by atoms with Crippen LogP contribution in [0, 0.1) is 6.92 Å². The van der Waals surface area contributed by atoms with Gasteiger partial charge in [-0.15, -0.1) is 0 Å². The van der Waals surface area contributed by atoms with Crippen LogP contribution >= 0.6 is 0 Å². The Kier molecular flexibility index (Phi) is 3.65. The molecule has 1 aliphatic heterocycles. The molecule has 0 saturated carbocycles. The summed E-state index contributed by atoms with van der Waals surface area (Å²) in [7, 11) is 0. The fourth-order valence-corrected chi connectivity index (χ4v) is 3.14. The third-order valence-electron chi connectivity index (χ3n) is 4.20. The maximum Gasteiger partial charge on any atom is 0.337 e. The molecule has 0 bridgehead atoms. The van der Waals surface area contributed by atoms with Crippen molar-refractivity contribution in [2.75, 3.05) is 18.0 Å². The smallest absolute Gasteiger partial charge is 0.337 e. The molecule has 0 aromatic heterocycles. The summed E-state index contributed by atoms with van der Waals surface area (Å²) in [5.41, 5.74) is 5.07. The summed E-state index contributed by atoms with van der Waals surface area (Å²) in [6, 6.07) is 14.0. The molecule has 1 aliphatic rings. The standard InChI is InChI=1S/C18H19NO2/c1-13-5-4-8-16(18(20)21)17(13)19-11-9-14-6-2-3-7-15(14)10-12-19/h2-8H,9-12H2,1H3,(H,20,21). The van der Waals surface area contributed by atoms with E-state index in [-0.39, 0.29) is 0 Å². The minimum Gasteiger partial charge on any atom is -0.478 e. The molecule has 1 heterocycles. The van der Waals surface area contributed by atoms with Crippen molar-refractivity contribution in [1.29, 1.82) is 0 Å². The van der Waals surface area contributed by atoms with Gasteiger partial charge in [0.2, 0.25) is 0 Å². The van der Waals surface area contributed by atoms with Gasteiger partial charge < -0.3 is 10.0 Å². The summed E-state index contributed by atoms with van der Waals surface area (Å²) < 4.78 is 0. The number of benzene rings is 2. The Balaban J connectivity index is 1.95. The molecule has 0 aliphatic carbocycles. The van der Waals surface area contributed by atoms with Crippen LogP contribution in [0.15, 0.2) is 42.5 Å². The summed E-state index contributed by atoms with van der Waals surface area (Å²) in [4.78, 5) is 13.7. The number of carboxylic acids is 1. The number of carboxylic acid groups (broad SMARTS) is 1. The van der Waals surface area contributed by atoms with E-state index in [0.717, 1.165) is 37.2 Å². The molecule has 0 radical (unpaired) electrons. The van der Waals surface area contributed by atoms with Crippen LogP contribution in [0.4, 0.5) is 5.69 Å². The second-order valence-corrected chi connectivity index (χ2v) is 5.53. The van der Waals surface area contributed by atoms with Crippen molar-refractivity contribution in [3.05, 3.63) is 64.7 Å². The van der Waals surface area contributed by atoms with E-state index < -0.39 is 5.97 Å². The van der Waals surface area contributed by atoms with E-state index in [9.17, 15) is 9.90 Å². The second-order valence-electron chi connectivity index (χ2n) is 5.53. The Morgan fingerprint density at radius 3 is 2.19 bits per heavy atom. The summed E-state index contributed by atoms with van der Waals surface area (Å²) in [5, 5.41) is 9.44. The third-order valence-corrected chi connectivity index (χ3v) is 4.20. The molecule has 0 atom stereocenters. The lowest BCUT2D eigenvalue weighted by Gasteiger charge is -2.26.